The van der Waals surface area contributed by atoms with Gasteiger partial charge < -0.3 is 9.69 Å². The van der Waals surface area contributed by atoms with Crippen molar-refractivity contribution in [1.29, 1.82) is 0 Å². The molecule has 0 saturated heterocycles. The minimum absolute atomic E-state index is 0.151. The van der Waals surface area contributed by atoms with Crippen molar-refractivity contribution in [2.45, 2.75) is 81.7 Å². The van der Waals surface area contributed by atoms with Gasteiger partial charge in [0.25, 0.3) is 0 Å². The van der Waals surface area contributed by atoms with Crippen LogP contribution in [0.2, 0.25) is 0 Å². The first kappa shape index (κ1) is 14.8. The fraction of sp³-hybridized carbons (Fsp3) is 0.875. The second-order valence-electron chi connectivity index (χ2n) is 6.01. The predicted molar refractivity (Wildman–Crippen MR) is 82.8 cm³/mol. The molecule has 0 aromatic carbocycles. The maximum absolute atomic E-state index is 7.16. The summed E-state index contributed by atoms with van der Waals surface area (Å²) in [6, 6.07) is 0.644. The van der Waals surface area contributed by atoms with Crippen LogP contribution < -0.4 is 0 Å². The number of nitrogens with zero attached hydrogens (tertiary/aromatic N) is 2. The molecule has 0 N–H and O–H groups in total. The highest BCUT2D eigenvalue weighted by Crippen LogP contribution is 2.55. The van der Waals surface area contributed by atoms with Crippen molar-refractivity contribution in [2.75, 3.05) is 6.16 Å². The monoisotopic (exact) mass is 276 g/mol. The Balaban J connectivity index is 1.87. The van der Waals surface area contributed by atoms with Gasteiger partial charge in [0.15, 0.2) is 0 Å². The molecule has 19 heavy (non-hydrogen) atoms. The third-order valence-electron chi connectivity index (χ3n) is 5.00. The van der Waals surface area contributed by atoms with Crippen molar-refractivity contribution < 1.29 is 0 Å². The van der Waals surface area contributed by atoms with Gasteiger partial charge in [0.2, 0.25) is 12.1 Å². The summed E-state index contributed by atoms with van der Waals surface area (Å²) >= 11 is 0. The van der Waals surface area contributed by atoms with E-state index in [0.717, 1.165) is 37.0 Å². The molecule has 3 heteroatoms. The van der Waals surface area contributed by atoms with Gasteiger partial charge in [-0.3, -0.25) is 0 Å². The molecule has 0 radical (unpaired) electrons. The van der Waals surface area contributed by atoms with E-state index < -0.39 is 0 Å². The summed E-state index contributed by atoms with van der Waals surface area (Å²) in [7, 11) is 0.151. The number of rotatable bonds is 3. The molecule has 0 aromatic rings. The molecule has 0 heterocycles. The molecule has 2 nitrogen and oxygen atoms in total. The molecule has 2 fully saturated rings. The molecule has 2 saturated carbocycles. The van der Waals surface area contributed by atoms with Crippen molar-refractivity contribution in [3.8, 4) is 0 Å². The van der Waals surface area contributed by atoms with Crippen LogP contribution in [0.4, 0.5) is 0 Å². The SMILES string of the molecule is [C-]#[N+]C1CCC(P(CC)C2CCC([N+]#[C-])CC2)CC1. The summed E-state index contributed by atoms with van der Waals surface area (Å²) in [5.41, 5.74) is 1.85. The average Bonchev–Trinajstić information content (AvgIpc) is 2.49. The summed E-state index contributed by atoms with van der Waals surface area (Å²) in [6.07, 6.45) is 11.1. The summed E-state index contributed by atoms with van der Waals surface area (Å²) in [5, 5.41) is 0. The minimum atomic E-state index is 0.151. The van der Waals surface area contributed by atoms with Crippen molar-refractivity contribution >= 4 is 7.92 Å². The minimum Gasteiger partial charge on any atom is -0.314 e. The van der Waals surface area contributed by atoms with E-state index in [1.54, 1.807) is 0 Å². The van der Waals surface area contributed by atoms with E-state index in [1.165, 1.54) is 31.8 Å². The lowest BCUT2D eigenvalue weighted by Gasteiger charge is -2.38. The Morgan fingerprint density at radius 2 is 1.16 bits per heavy atom. The van der Waals surface area contributed by atoms with Crippen LogP contribution in [-0.2, 0) is 0 Å². The van der Waals surface area contributed by atoms with Crippen molar-refractivity contribution in [3.63, 3.8) is 0 Å². The van der Waals surface area contributed by atoms with Crippen LogP contribution in [0, 0.1) is 13.1 Å². The summed E-state index contributed by atoms with van der Waals surface area (Å²) in [4.78, 5) is 7.45. The Kier molecular flexibility index (Phi) is 5.66. The maximum Gasteiger partial charge on any atom is 0.223 e. The van der Waals surface area contributed by atoms with Crippen LogP contribution in [0.5, 0.6) is 0 Å². The highest BCUT2D eigenvalue weighted by molar-refractivity contribution is 7.59. The highest BCUT2D eigenvalue weighted by Gasteiger charge is 2.35. The molecular weight excluding hydrogens is 251 g/mol. The number of hydrogen-bond donors (Lipinski definition) is 0. The average molecular weight is 276 g/mol. The second-order valence-corrected chi connectivity index (χ2v) is 9.13. The zero-order valence-corrected chi connectivity index (χ0v) is 12.9. The smallest absolute Gasteiger partial charge is 0.223 e. The second kappa shape index (κ2) is 7.26. The van der Waals surface area contributed by atoms with E-state index >= 15 is 0 Å². The Hall–Kier alpha value is -0.590. The maximum atomic E-state index is 7.16. The van der Waals surface area contributed by atoms with Crippen molar-refractivity contribution in [1.82, 2.24) is 0 Å². The molecule has 0 amide bonds. The van der Waals surface area contributed by atoms with Crippen molar-refractivity contribution in [3.05, 3.63) is 22.8 Å². The third-order valence-corrected chi connectivity index (χ3v) is 8.64. The molecule has 104 valence electrons. The Bertz CT molecular complexity index is 318. The molecule has 0 unspecified atom stereocenters. The van der Waals surface area contributed by atoms with Crippen LogP contribution >= 0.6 is 7.92 Å². The number of hydrogen-bond acceptors (Lipinski definition) is 0. The topological polar surface area (TPSA) is 8.72 Å². The van der Waals surface area contributed by atoms with Gasteiger partial charge in [-0.25, -0.2) is 13.1 Å². The van der Waals surface area contributed by atoms with Gasteiger partial charge in [-0.05, 0) is 43.2 Å². The molecule has 0 bridgehead atoms. The van der Waals surface area contributed by atoms with Crippen LogP contribution in [0.25, 0.3) is 9.69 Å². The normalized spacial score (nSPS) is 37.0. The lowest BCUT2D eigenvalue weighted by atomic mass is 9.95. The van der Waals surface area contributed by atoms with Gasteiger partial charge in [-0.1, -0.05) is 6.92 Å². The fourth-order valence-corrected chi connectivity index (χ4v) is 7.40. The fourth-order valence-electron chi connectivity index (χ4n) is 3.85. The predicted octanol–water partition coefficient (Wildman–Crippen LogP) is 4.95. The summed E-state index contributed by atoms with van der Waals surface area (Å²) in [6.45, 7) is 16.7. The standard InChI is InChI=1S/C16H25N2P/c1-4-19(15-9-5-13(17-2)6-10-15)16-11-7-14(18-3)8-12-16/h13-16H,4-12H2,1H3. The van der Waals surface area contributed by atoms with Crippen molar-refractivity contribution in [2.24, 2.45) is 0 Å². The molecular formula is C16H25N2P. The van der Waals surface area contributed by atoms with Gasteiger partial charge in [0.1, 0.15) is 0 Å². The molecule has 2 aliphatic rings. The largest absolute Gasteiger partial charge is 0.314 e. The lowest BCUT2D eigenvalue weighted by Crippen LogP contribution is -2.27. The van der Waals surface area contributed by atoms with E-state index in [0.29, 0.717) is 12.1 Å². The zero-order valence-electron chi connectivity index (χ0n) is 12.0. The van der Waals surface area contributed by atoms with E-state index in [1.807, 2.05) is 0 Å². The quantitative estimate of drug-likeness (QED) is 0.509. The van der Waals surface area contributed by atoms with Gasteiger partial charge in [-0.15, -0.1) is 7.92 Å². The van der Waals surface area contributed by atoms with E-state index in [-0.39, 0.29) is 7.92 Å². The highest BCUT2D eigenvalue weighted by atomic mass is 31.1. The first-order valence-electron chi connectivity index (χ1n) is 7.77. The van der Waals surface area contributed by atoms with Crippen LogP contribution in [0.15, 0.2) is 0 Å². The molecule has 2 aliphatic carbocycles. The molecule has 0 aromatic heterocycles. The van der Waals surface area contributed by atoms with Gasteiger partial charge in [0.05, 0.1) is 0 Å². The first-order valence-corrected chi connectivity index (χ1v) is 9.43. The molecule has 0 atom stereocenters. The van der Waals surface area contributed by atoms with E-state index in [9.17, 15) is 0 Å². The third kappa shape index (κ3) is 3.70. The van der Waals surface area contributed by atoms with Gasteiger partial charge in [0, 0.05) is 25.7 Å². The molecule has 0 aliphatic heterocycles. The summed E-state index contributed by atoms with van der Waals surface area (Å²) in [5.74, 6) is 0. The zero-order chi connectivity index (χ0) is 13.7. The molecule has 0 spiro atoms. The van der Waals surface area contributed by atoms with Gasteiger partial charge >= 0.3 is 0 Å². The lowest BCUT2D eigenvalue weighted by molar-refractivity contribution is 0.463. The first-order chi connectivity index (χ1) is 9.28. The Labute approximate surface area is 119 Å². The van der Waals surface area contributed by atoms with E-state index in [2.05, 4.69) is 16.6 Å². The van der Waals surface area contributed by atoms with Crippen LogP contribution in [0.3, 0.4) is 0 Å². The Morgan fingerprint density at radius 1 is 0.789 bits per heavy atom. The summed E-state index contributed by atoms with van der Waals surface area (Å²) < 4.78 is 0. The van der Waals surface area contributed by atoms with E-state index in [4.69, 9.17) is 13.1 Å². The van der Waals surface area contributed by atoms with Crippen LogP contribution in [0.1, 0.15) is 58.3 Å². The Morgan fingerprint density at radius 3 is 1.42 bits per heavy atom. The van der Waals surface area contributed by atoms with Gasteiger partial charge in [-0.2, -0.15) is 0 Å². The molecule has 2 rings (SSSR count). The van der Waals surface area contributed by atoms with Crippen LogP contribution in [-0.4, -0.2) is 29.6 Å².